The lowest BCUT2D eigenvalue weighted by Crippen LogP contribution is -1.95. The second-order valence-corrected chi connectivity index (χ2v) is 2.35. The maximum absolute atomic E-state index is 4.03. The Bertz CT molecular complexity index is 364. The lowest BCUT2D eigenvalue weighted by atomic mass is 10.4. The van der Waals surface area contributed by atoms with Crippen molar-refractivity contribution in [2.45, 2.75) is 0 Å². The Labute approximate surface area is 64.7 Å². The molecule has 0 amide bonds. The van der Waals surface area contributed by atoms with Gasteiger partial charge in [-0.05, 0) is 12.1 Å². The maximum Gasteiger partial charge on any atom is 0.111 e. The molecular formula is C8H9N3. The van der Waals surface area contributed by atoms with Crippen LogP contribution < -0.4 is 5.32 Å². The fourth-order valence-corrected chi connectivity index (χ4v) is 1.15. The van der Waals surface area contributed by atoms with E-state index in [2.05, 4.69) is 10.3 Å². The van der Waals surface area contributed by atoms with Crippen LogP contribution in [-0.4, -0.2) is 16.4 Å². The van der Waals surface area contributed by atoms with Gasteiger partial charge in [0.05, 0.1) is 11.7 Å². The normalized spacial score (nSPS) is 10.3. The van der Waals surface area contributed by atoms with Gasteiger partial charge in [-0.2, -0.15) is 0 Å². The minimum atomic E-state index is 1.06. The highest BCUT2D eigenvalue weighted by atomic mass is 15.1. The molecule has 0 aliphatic rings. The van der Waals surface area contributed by atoms with E-state index in [0.717, 1.165) is 11.3 Å². The van der Waals surface area contributed by atoms with Crippen LogP contribution in [0.1, 0.15) is 0 Å². The molecule has 0 saturated carbocycles. The van der Waals surface area contributed by atoms with Gasteiger partial charge < -0.3 is 5.32 Å². The number of rotatable bonds is 1. The summed E-state index contributed by atoms with van der Waals surface area (Å²) in [6.07, 6.45) is 3.63. The summed E-state index contributed by atoms with van der Waals surface area (Å²) in [5.41, 5.74) is 1.11. The summed E-state index contributed by atoms with van der Waals surface area (Å²) in [6.45, 7) is 0. The van der Waals surface area contributed by atoms with Gasteiger partial charge >= 0.3 is 0 Å². The third-order valence-electron chi connectivity index (χ3n) is 1.70. The van der Waals surface area contributed by atoms with Gasteiger partial charge in [0.15, 0.2) is 0 Å². The largest absolute Gasteiger partial charge is 0.374 e. The van der Waals surface area contributed by atoms with E-state index in [1.165, 1.54) is 0 Å². The first-order valence-electron chi connectivity index (χ1n) is 3.50. The number of hydrogen-bond acceptors (Lipinski definition) is 2. The summed E-state index contributed by atoms with van der Waals surface area (Å²) in [7, 11) is 1.90. The highest BCUT2D eigenvalue weighted by molar-refractivity contribution is 5.52. The average molecular weight is 147 g/mol. The molecule has 0 saturated heterocycles. The zero-order valence-corrected chi connectivity index (χ0v) is 6.28. The van der Waals surface area contributed by atoms with Crippen molar-refractivity contribution in [1.29, 1.82) is 0 Å². The topological polar surface area (TPSA) is 29.3 Å². The van der Waals surface area contributed by atoms with E-state index in [1.54, 1.807) is 6.33 Å². The predicted octanol–water partition coefficient (Wildman–Crippen LogP) is 1.38. The molecule has 0 aliphatic heterocycles. The van der Waals surface area contributed by atoms with Gasteiger partial charge in [0, 0.05) is 7.05 Å². The summed E-state index contributed by atoms with van der Waals surface area (Å²) in [6, 6.07) is 6.03. The minimum Gasteiger partial charge on any atom is -0.374 e. The summed E-state index contributed by atoms with van der Waals surface area (Å²) in [4.78, 5) is 4.03. The Hall–Kier alpha value is -1.51. The quantitative estimate of drug-likeness (QED) is 0.660. The van der Waals surface area contributed by atoms with Crippen molar-refractivity contribution in [2.75, 3.05) is 12.4 Å². The fraction of sp³-hybridized carbons (Fsp3) is 0.125. The van der Waals surface area contributed by atoms with Crippen LogP contribution in [0.3, 0.4) is 0 Å². The fourth-order valence-electron chi connectivity index (χ4n) is 1.15. The molecular weight excluding hydrogens is 138 g/mol. The molecule has 3 heteroatoms. The zero-order valence-electron chi connectivity index (χ0n) is 6.28. The van der Waals surface area contributed by atoms with Gasteiger partial charge in [-0.1, -0.05) is 6.07 Å². The minimum absolute atomic E-state index is 1.06. The van der Waals surface area contributed by atoms with Crippen LogP contribution in [0.5, 0.6) is 0 Å². The number of imidazole rings is 1. The van der Waals surface area contributed by atoms with Crippen molar-refractivity contribution in [3.05, 3.63) is 30.7 Å². The maximum atomic E-state index is 4.03. The Kier molecular flexibility index (Phi) is 1.28. The van der Waals surface area contributed by atoms with Gasteiger partial charge in [0.25, 0.3) is 0 Å². The second-order valence-electron chi connectivity index (χ2n) is 2.35. The number of aromatic nitrogens is 2. The molecule has 1 N–H and O–H groups in total. The van der Waals surface area contributed by atoms with Gasteiger partial charge in [-0.25, -0.2) is 4.98 Å². The van der Waals surface area contributed by atoms with Gasteiger partial charge in [0.2, 0.25) is 0 Å². The first kappa shape index (κ1) is 6.22. The molecule has 2 rings (SSSR count). The van der Waals surface area contributed by atoms with E-state index in [4.69, 9.17) is 0 Å². The number of nitrogens with zero attached hydrogens (tertiary/aromatic N) is 2. The first-order chi connectivity index (χ1) is 5.42. The number of fused-ring (bicyclic) bond motifs is 1. The Morgan fingerprint density at radius 1 is 1.45 bits per heavy atom. The summed E-state index contributed by atoms with van der Waals surface area (Å²) in [5.74, 6) is 1.06. The SMILES string of the molecule is CNc1cccc2cncn12. The molecule has 56 valence electrons. The van der Waals surface area contributed by atoms with Crippen molar-refractivity contribution in [3.8, 4) is 0 Å². The monoisotopic (exact) mass is 147 g/mol. The van der Waals surface area contributed by atoms with Crippen molar-refractivity contribution in [1.82, 2.24) is 9.38 Å². The summed E-state index contributed by atoms with van der Waals surface area (Å²) >= 11 is 0. The average Bonchev–Trinajstić information content (AvgIpc) is 2.50. The van der Waals surface area contributed by atoms with E-state index < -0.39 is 0 Å². The van der Waals surface area contributed by atoms with E-state index in [9.17, 15) is 0 Å². The third kappa shape index (κ3) is 0.852. The van der Waals surface area contributed by atoms with Crippen molar-refractivity contribution in [3.63, 3.8) is 0 Å². The van der Waals surface area contributed by atoms with E-state index in [1.807, 2.05) is 35.8 Å². The molecule has 0 fully saturated rings. The molecule has 2 aromatic heterocycles. The third-order valence-corrected chi connectivity index (χ3v) is 1.70. The highest BCUT2D eigenvalue weighted by Crippen LogP contribution is 2.09. The van der Waals surface area contributed by atoms with Crippen molar-refractivity contribution >= 4 is 11.3 Å². The van der Waals surface area contributed by atoms with Crippen LogP contribution in [0.25, 0.3) is 5.52 Å². The summed E-state index contributed by atoms with van der Waals surface area (Å²) in [5, 5.41) is 3.08. The van der Waals surface area contributed by atoms with E-state index in [0.29, 0.717) is 0 Å². The smallest absolute Gasteiger partial charge is 0.111 e. The zero-order chi connectivity index (χ0) is 7.68. The Balaban J connectivity index is 2.79. The van der Waals surface area contributed by atoms with Crippen LogP contribution >= 0.6 is 0 Å². The molecule has 2 aromatic rings. The predicted molar refractivity (Wildman–Crippen MR) is 44.7 cm³/mol. The number of pyridine rings is 1. The molecule has 0 radical (unpaired) electrons. The lowest BCUT2D eigenvalue weighted by Gasteiger charge is -2.02. The number of hydrogen-bond donors (Lipinski definition) is 1. The van der Waals surface area contributed by atoms with Crippen LogP contribution in [0, 0.1) is 0 Å². The Morgan fingerprint density at radius 2 is 2.36 bits per heavy atom. The molecule has 0 atom stereocenters. The van der Waals surface area contributed by atoms with Crippen molar-refractivity contribution in [2.24, 2.45) is 0 Å². The molecule has 11 heavy (non-hydrogen) atoms. The number of nitrogens with one attached hydrogen (secondary N) is 1. The molecule has 0 bridgehead atoms. The lowest BCUT2D eigenvalue weighted by molar-refractivity contribution is 1.14. The molecule has 0 aromatic carbocycles. The Morgan fingerprint density at radius 3 is 3.18 bits per heavy atom. The molecule has 0 spiro atoms. The van der Waals surface area contributed by atoms with Crippen LogP contribution in [0.2, 0.25) is 0 Å². The molecule has 3 nitrogen and oxygen atoms in total. The molecule has 2 heterocycles. The van der Waals surface area contributed by atoms with Gasteiger partial charge in [0.1, 0.15) is 12.1 Å². The van der Waals surface area contributed by atoms with Gasteiger partial charge in [-0.3, -0.25) is 4.40 Å². The first-order valence-corrected chi connectivity index (χ1v) is 3.50. The standard InChI is InChI=1S/C8H9N3/c1-9-8-4-2-3-7-5-10-6-11(7)8/h2-6,9H,1H3. The molecule has 0 unspecified atom stereocenters. The van der Waals surface area contributed by atoms with E-state index >= 15 is 0 Å². The van der Waals surface area contributed by atoms with Gasteiger partial charge in [-0.15, -0.1) is 0 Å². The second kappa shape index (κ2) is 2.27. The number of anilines is 1. The van der Waals surface area contributed by atoms with E-state index in [-0.39, 0.29) is 0 Å². The van der Waals surface area contributed by atoms with Crippen LogP contribution in [0.15, 0.2) is 30.7 Å². The highest BCUT2D eigenvalue weighted by Gasteiger charge is 1.94. The summed E-state index contributed by atoms with van der Waals surface area (Å²) < 4.78 is 2.00. The molecule has 0 aliphatic carbocycles. The van der Waals surface area contributed by atoms with Crippen LogP contribution in [0.4, 0.5) is 5.82 Å². The van der Waals surface area contributed by atoms with Crippen LogP contribution in [-0.2, 0) is 0 Å². The van der Waals surface area contributed by atoms with Crippen molar-refractivity contribution < 1.29 is 0 Å².